The van der Waals surface area contributed by atoms with Crippen LogP contribution in [0, 0.1) is 12.7 Å². The maximum atomic E-state index is 13.3. The monoisotopic (exact) mass is 319 g/mol. The van der Waals surface area contributed by atoms with E-state index in [1.165, 1.54) is 12.1 Å². The average molecular weight is 320 g/mol. The van der Waals surface area contributed by atoms with Crippen LogP contribution in [0.4, 0.5) is 21.5 Å². The van der Waals surface area contributed by atoms with Crippen molar-refractivity contribution in [2.75, 3.05) is 18.9 Å². The summed E-state index contributed by atoms with van der Waals surface area (Å²) in [6, 6.07) is 10.1. The van der Waals surface area contributed by atoms with Crippen LogP contribution in [0.1, 0.15) is 12.5 Å². The van der Waals surface area contributed by atoms with Gasteiger partial charge in [-0.1, -0.05) is 17.7 Å². The minimum Gasteiger partial charge on any atom is -0.366 e. The Morgan fingerprint density at radius 3 is 2.77 bits per heavy atom. The topological polar surface area (TPSA) is 27.6 Å². The largest absolute Gasteiger partial charge is 0.366 e. The predicted octanol–water partition coefficient (Wildman–Crippen LogP) is 5.14. The van der Waals surface area contributed by atoms with E-state index < -0.39 is 0 Å². The molecule has 0 atom stereocenters. The molecule has 0 spiro atoms. The molecule has 0 aliphatic rings. The van der Waals surface area contributed by atoms with E-state index in [0.717, 1.165) is 12.1 Å². The highest BCUT2D eigenvalue weighted by Crippen LogP contribution is 2.35. The average Bonchev–Trinajstić information content (AvgIpc) is 2.48. The number of rotatable bonds is 5. The number of hydrogen-bond acceptors (Lipinski definition) is 2. The molecule has 2 rings (SSSR count). The molecule has 0 aliphatic carbocycles. The summed E-state index contributed by atoms with van der Waals surface area (Å²) in [5, 5.41) is 3.65. The Labute approximate surface area is 135 Å². The van der Waals surface area contributed by atoms with E-state index in [9.17, 15) is 4.39 Å². The third-order valence-corrected chi connectivity index (χ3v) is 3.59. The molecule has 0 aliphatic heterocycles. The summed E-state index contributed by atoms with van der Waals surface area (Å²) in [4.78, 5) is 6.37. The molecule has 2 aromatic carbocycles. The fourth-order valence-corrected chi connectivity index (χ4v) is 2.10. The first-order chi connectivity index (χ1) is 10.5. The van der Waals surface area contributed by atoms with Crippen molar-refractivity contribution in [1.29, 1.82) is 0 Å². The van der Waals surface area contributed by atoms with Crippen LogP contribution in [0.2, 0.25) is 5.02 Å². The summed E-state index contributed by atoms with van der Waals surface area (Å²) < 4.78 is 13.3. The number of aryl methyl sites for hydroxylation is 1. The second-order valence-electron chi connectivity index (χ2n) is 5.10. The molecule has 0 unspecified atom stereocenters. The van der Waals surface area contributed by atoms with Gasteiger partial charge in [0, 0.05) is 19.3 Å². The number of benzene rings is 2. The van der Waals surface area contributed by atoms with Crippen LogP contribution in [0.15, 0.2) is 41.4 Å². The summed E-state index contributed by atoms with van der Waals surface area (Å²) in [7, 11) is 1.94. The van der Waals surface area contributed by atoms with E-state index in [0.29, 0.717) is 22.1 Å². The predicted molar refractivity (Wildman–Crippen MR) is 92.3 cm³/mol. The molecule has 0 bridgehead atoms. The van der Waals surface area contributed by atoms with E-state index in [4.69, 9.17) is 11.6 Å². The van der Waals surface area contributed by atoms with Crippen LogP contribution in [-0.4, -0.2) is 24.8 Å². The fourth-order valence-electron chi connectivity index (χ4n) is 1.90. The van der Waals surface area contributed by atoms with Crippen molar-refractivity contribution >= 4 is 35.0 Å². The van der Waals surface area contributed by atoms with E-state index in [2.05, 4.69) is 10.3 Å². The molecule has 116 valence electrons. The van der Waals surface area contributed by atoms with Gasteiger partial charge in [0.2, 0.25) is 0 Å². The van der Waals surface area contributed by atoms with Crippen LogP contribution in [0.25, 0.3) is 0 Å². The molecule has 0 fully saturated rings. The van der Waals surface area contributed by atoms with Crippen LogP contribution in [-0.2, 0) is 0 Å². The third-order valence-electron chi connectivity index (χ3n) is 3.19. The summed E-state index contributed by atoms with van der Waals surface area (Å²) >= 11 is 6.41. The van der Waals surface area contributed by atoms with E-state index in [1.54, 1.807) is 18.5 Å². The first-order valence-electron chi connectivity index (χ1n) is 7.06. The van der Waals surface area contributed by atoms with Crippen molar-refractivity contribution in [2.45, 2.75) is 13.8 Å². The molecule has 0 aromatic heterocycles. The van der Waals surface area contributed by atoms with Gasteiger partial charge in [-0.25, -0.2) is 9.38 Å². The van der Waals surface area contributed by atoms with Crippen molar-refractivity contribution in [3.8, 4) is 0 Å². The molecular formula is C17H19ClFN3. The van der Waals surface area contributed by atoms with Gasteiger partial charge in [0.05, 0.1) is 22.7 Å². The molecule has 1 N–H and O–H groups in total. The lowest BCUT2D eigenvalue weighted by Crippen LogP contribution is -2.14. The molecule has 0 amide bonds. The Bertz CT molecular complexity index is 686. The highest BCUT2D eigenvalue weighted by Gasteiger charge is 2.08. The van der Waals surface area contributed by atoms with Crippen molar-refractivity contribution < 1.29 is 4.39 Å². The molecule has 2 aromatic rings. The summed E-state index contributed by atoms with van der Waals surface area (Å²) in [5.41, 5.74) is 3.06. The first-order valence-corrected chi connectivity index (χ1v) is 7.44. The maximum absolute atomic E-state index is 13.3. The summed E-state index contributed by atoms with van der Waals surface area (Å²) in [6.07, 6.45) is 1.74. The lowest BCUT2D eigenvalue weighted by molar-refractivity contribution is 0.552. The van der Waals surface area contributed by atoms with Crippen LogP contribution in [0.3, 0.4) is 0 Å². The van der Waals surface area contributed by atoms with Crippen molar-refractivity contribution in [1.82, 2.24) is 4.90 Å². The third kappa shape index (κ3) is 4.21. The van der Waals surface area contributed by atoms with Gasteiger partial charge in [-0.3, -0.25) is 0 Å². The summed E-state index contributed by atoms with van der Waals surface area (Å²) in [6.45, 7) is 4.87. The highest BCUT2D eigenvalue weighted by molar-refractivity contribution is 6.36. The van der Waals surface area contributed by atoms with Gasteiger partial charge in [-0.05, 0) is 49.7 Å². The van der Waals surface area contributed by atoms with Crippen LogP contribution >= 0.6 is 11.6 Å². The first kappa shape index (κ1) is 16.3. The Balaban J connectivity index is 2.32. The minimum atomic E-state index is -0.295. The van der Waals surface area contributed by atoms with E-state index >= 15 is 0 Å². The van der Waals surface area contributed by atoms with Gasteiger partial charge >= 0.3 is 0 Å². The minimum absolute atomic E-state index is 0.295. The molecule has 0 saturated heterocycles. The highest BCUT2D eigenvalue weighted by atomic mass is 35.5. The maximum Gasteiger partial charge on any atom is 0.125 e. The lowest BCUT2D eigenvalue weighted by atomic mass is 10.2. The second-order valence-corrected chi connectivity index (χ2v) is 5.48. The SMILES string of the molecule is CCN(C)C=Nc1cc(C)cc(Nc2cccc(F)c2)c1Cl. The number of hydrogen-bond donors (Lipinski definition) is 1. The van der Waals surface area contributed by atoms with E-state index in [1.807, 2.05) is 37.9 Å². The van der Waals surface area contributed by atoms with Gasteiger partial charge < -0.3 is 10.2 Å². The van der Waals surface area contributed by atoms with Crippen LogP contribution in [0.5, 0.6) is 0 Å². The van der Waals surface area contributed by atoms with E-state index in [-0.39, 0.29) is 5.82 Å². The van der Waals surface area contributed by atoms with Crippen molar-refractivity contribution in [3.63, 3.8) is 0 Å². The molecule has 22 heavy (non-hydrogen) atoms. The summed E-state index contributed by atoms with van der Waals surface area (Å²) in [5.74, 6) is -0.295. The smallest absolute Gasteiger partial charge is 0.125 e. The lowest BCUT2D eigenvalue weighted by Gasteiger charge is -2.13. The zero-order valence-electron chi connectivity index (χ0n) is 12.9. The number of aliphatic imine (C=N–C) groups is 1. The molecular weight excluding hydrogens is 301 g/mol. The Morgan fingerprint density at radius 1 is 1.32 bits per heavy atom. The number of anilines is 2. The van der Waals surface area contributed by atoms with Crippen molar-refractivity contribution in [2.24, 2.45) is 4.99 Å². The molecule has 3 nitrogen and oxygen atoms in total. The van der Waals surface area contributed by atoms with Gasteiger partial charge in [0.15, 0.2) is 0 Å². The quantitative estimate of drug-likeness (QED) is 0.610. The number of halogens is 2. The van der Waals surface area contributed by atoms with Gasteiger partial charge in [-0.2, -0.15) is 0 Å². The Kier molecular flexibility index (Phi) is 5.39. The Hall–Kier alpha value is -2.07. The normalized spacial score (nSPS) is 11.0. The Morgan fingerprint density at radius 2 is 2.09 bits per heavy atom. The molecule has 5 heteroatoms. The van der Waals surface area contributed by atoms with Gasteiger partial charge in [0.25, 0.3) is 0 Å². The standard InChI is InChI=1S/C17H19ClFN3/c1-4-22(3)11-20-15-8-12(2)9-16(17(15)18)21-14-7-5-6-13(19)10-14/h5-11,21H,4H2,1-3H3. The fraction of sp³-hybridized carbons (Fsp3) is 0.235. The number of nitrogens with one attached hydrogen (secondary N) is 1. The van der Waals surface area contributed by atoms with Crippen LogP contribution < -0.4 is 5.32 Å². The van der Waals surface area contributed by atoms with Gasteiger partial charge in [-0.15, -0.1) is 0 Å². The molecule has 0 heterocycles. The zero-order chi connectivity index (χ0) is 16.1. The molecule has 0 saturated carbocycles. The van der Waals surface area contributed by atoms with Gasteiger partial charge in [0.1, 0.15) is 5.82 Å². The second kappa shape index (κ2) is 7.27. The number of nitrogens with zero attached hydrogens (tertiary/aromatic N) is 2. The molecule has 0 radical (unpaired) electrons. The van der Waals surface area contributed by atoms with Crippen molar-refractivity contribution in [3.05, 3.63) is 52.8 Å². The zero-order valence-corrected chi connectivity index (χ0v) is 13.7.